The molecule has 0 radical (unpaired) electrons. The van der Waals surface area contributed by atoms with Crippen molar-refractivity contribution >= 4 is 23.6 Å². The number of carbonyl (C=O) groups is 2. The number of pyridine rings is 1. The SMILES string of the molecule is CC(C)(C)OC(=O)NC1(CNC(=O)c2ccnc(Cl)c2)CCCCC1. The molecule has 0 aliphatic heterocycles. The summed E-state index contributed by atoms with van der Waals surface area (Å²) >= 11 is 5.83. The molecule has 7 heteroatoms. The van der Waals surface area contributed by atoms with E-state index < -0.39 is 17.2 Å². The molecular weight excluding hydrogens is 342 g/mol. The molecule has 0 aromatic carbocycles. The summed E-state index contributed by atoms with van der Waals surface area (Å²) in [6, 6.07) is 3.13. The Bertz CT molecular complexity index is 622. The number of nitrogens with zero attached hydrogens (tertiary/aromatic N) is 1. The van der Waals surface area contributed by atoms with Crippen LogP contribution < -0.4 is 10.6 Å². The van der Waals surface area contributed by atoms with Crippen LogP contribution in [0.25, 0.3) is 0 Å². The zero-order valence-electron chi connectivity index (χ0n) is 15.0. The molecule has 0 bridgehead atoms. The third-order valence-corrected chi connectivity index (χ3v) is 4.36. The van der Waals surface area contributed by atoms with Gasteiger partial charge in [-0.3, -0.25) is 4.79 Å². The molecule has 2 rings (SSSR count). The van der Waals surface area contributed by atoms with Gasteiger partial charge in [-0.05, 0) is 45.7 Å². The first-order valence-electron chi connectivity index (χ1n) is 8.60. The fourth-order valence-corrected chi connectivity index (χ4v) is 3.16. The number of hydrogen-bond acceptors (Lipinski definition) is 4. The van der Waals surface area contributed by atoms with E-state index in [1.165, 1.54) is 12.3 Å². The van der Waals surface area contributed by atoms with Gasteiger partial charge in [0, 0.05) is 18.3 Å². The van der Waals surface area contributed by atoms with Gasteiger partial charge < -0.3 is 15.4 Å². The number of carbonyl (C=O) groups excluding carboxylic acids is 2. The van der Waals surface area contributed by atoms with Crippen molar-refractivity contribution in [2.75, 3.05) is 6.54 Å². The average Bonchev–Trinajstić information content (AvgIpc) is 2.51. The maximum atomic E-state index is 12.4. The zero-order chi connectivity index (χ0) is 18.5. The summed E-state index contributed by atoms with van der Waals surface area (Å²) < 4.78 is 5.38. The van der Waals surface area contributed by atoms with E-state index in [2.05, 4.69) is 15.6 Å². The highest BCUT2D eigenvalue weighted by molar-refractivity contribution is 6.29. The Morgan fingerprint density at radius 2 is 1.96 bits per heavy atom. The van der Waals surface area contributed by atoms with Crippen LogP contribution in [0, 0.1) is 0 Å². The van der Waals surface area contributed by atoms with Crippen LogP contribution in [0.15, 0.2) is 18.3 Å². The maximum absolute atomic E-state index is 12.4. The summed E-state index contributed by atoms with van der Waals surface area (Å²) in [6.07, 6.45) is 5.81. The predicted octanol–water partition coefficient (Wildman–Crippen LogP) is 3.69. The van der Waals surface area contributed by atoms with Gasteiger partial charge in [-0.15, -0.1) is 0 Å². The molecule has 2 N–H and O–H groups in total. The summed E-state index contributed by atoms with van der Waals surface area (Å²) in [6.45, 7) is 5.84. The van der Waals surface area contributed by atoms with Crippen molar-refractivity contribution in [3.63, 3.8) is 0 Å². The van der Waals surface area contributed by atoms with Crippen LogP contribution >= 0.6 is 11.6 Å². The monoisotopic (exact) mass is 367 g/mol. The van der Waals surface area contributed by atoms with E-state index in [4.69, 9.17) is 16.3 Å². The van der Waals surface area contributed by atoms with Crippen molar-refractivity contribution in [3.05, 3.63) is 29.0 Å². The highest BCUT2D eigenvalue weighted by Crippen LogP contribution is 2.28. The van der Waals surface area contributed by atoms with E-state index in [-0.39, 0.29) is 11.1 Å². The number of nitrogens with one attached hydrogen (secondary N) is 2. The molecule has 1 aliphatic carbocycles. The molecule has 1 fully saturated rings. The average molecular weight is 368 g/mol. The van der Waals surface area contributed by atoms with Gasteiger partial charge >= 0.3 is 6.09 Å². The molecule has 2 amide bonds. The van der Waals surface area contributed by atoms with Gasteiger partial charge in [0.05, 0.1) is 5.54 Å². The quantitative estimate of drug-likeness (QED) is 0.795. The van der Waals surface area contributed by atoms with Crippen LogP contribution in [0.3, 0.4) is 0 Å². The molecule has 1 aromatic heterocycles. The Kier molecular flexibility index (Phi) is 6.27. The first kappa shape index (κ1) is 19.5. The van der Waals surface area contributed by atoms with Crippen LogP contribution in [-0.2, 0) is 4.74 Å². The van der Waals surface area contributed by atoms with Crippen molar-refractivity contribution in [1.82, 2.24) is 15.6 Å². The van der Waals surface area contributed by atoms with E-state index in [0.29, 0.717) is 12.1 Å². The number of rotatable bonds is 4. The standard InChI is InChI=1S/C18H26ClN3O3/c1-17(2,3)25-16(24)22-18(8-5-4-6-9-18)12-21-15(23)13-7-10-20-14(19)11-13/h7,10-11H,4-6,8-9,12H2,1-3H3,(H,21,23)(H,22,24). The molecule has 0 saturated heterocycles. The highest BCUT2D eigenvalue weighted by atomic mass is 35.5. The molecule has 0 unspecified atom stereocenters. The maximum Gasteiger partial charge on any atom is 0.408 e. The number of ether oxygens (including phenoxy) is 1. The number of amides is 2. The Morgan fingerprint density at radius 1 is 1.28 bits per heavy atom. The number of hydrogen-bond donors (Lipinski definition) is 2. The van der Waals surface area contributed by atoms with Crippen molar-refractivity contribution < 1.29 is 14.3 Å². The first-order valence-corrected chi connectivity index (χ1v) is 8.98. The molecule has 1 heterocycles. The molecular formula is C18H26ClN3O3. The summed E-state index contributed by atoms with van der Waals surface area (Å²) in [5.74, 6) is -0.236. The minimum atomic E-state index is -0.559. The molecule has 138 valence electrons. The minimum absolute atomic E-state index is 0.236. The van der Waals surface area contributed by atoms with Crippen LogP contribution in [-0.4, -0.2) is 34.7 Å². The van der Waals surface area contributed by atoms with Crippen LogP contribution in [0.5, 0.6) is 0 Å². The minimum Gasteiger partial charge on any atom is -0.444 e. The summed E-state index contributed by atoms with van der Waals surface area (Å²) in [5.41, 5.74) is -0.590. The molecule has 1 aliphatic rings. The Morgan fingerprint density at radius 3 is 2.56 bits per heavy atom. The van der Waals surface area contributed by atoms with Gasteiger partial charge in [0.1, 0.15) is 10.8 Å². The summed E-state index contributed by atoms with van der Waals surface area (Å²) in [7, 11) is 0. The van der Waals surface area contributed by atoms with Crippen LogP contribution in [0.4, 0.5) is 4.79 Å². The topological polar surface area (TPSA) is 80.3 Å². The van der Waals surface area contributed by atoms with Gasteiger partial charge in [0.25, 0.3) is 5.91 Å². The lowest BCUT2D eigenvalue weighted by Crippen LogP contribution is -2.57. The van der Waals surface area contributed by atoms with Crippen molar-refractivity contribution in [1.29, 1.82) is 0 Å². The number of alkyl carbamates (subject to hydrolysis) is 1. The van der Waals surface area contributed by atoms with E-state index in [0.717, 1.165) is 32.1 Å². The van der Waals surface area contributed by atoms with Gasteiger partial charge in [0.15, 0.2) is 0 Å². The number of aromatic nitrogens is 1. The lowest BCUT2D eigenvalue weighted by atomic mass is 9.81. The second-order valence-electron chi connectivity index (χ2n) is 7.52. The number of halogens is 1. The van der Waals surface area contributed by atoms with E-state index >= 15 is 0 Å². The largest absolute Gasteiger partial charge is 0.444 e. The summed E-state index contributed by atoms with van der Waals surface area (Å²) in [4.78, 5) is 28.4. The van der Waals surface area contributed by atoms with Crippen molar-refractivity contribution in [3.8, 4) is 0 Å². The molecule has 1 aromatic rings. The third-order valence-electron chi connectivity index (χ3n) is 4.15. The lowest BCUT2D eigenvalue weighted by Gasteiger charge is -2.38. The molecule has 0 atom stereocenters. The first-order chi connectivity index (χ1) is 11.7. The Labute approximate surface area is 153 Å². The van der Waals surface area contributed by atoms with E-state index in [1.54, 1.807) is 6.07 Å². The normalized spacial score (nSPS) is 16.8. The Balaban J connectivity index is 2.02. The van der Waals surface area contributed by atoms with E-state index in [1.807, 2.05) is 20.8 Å². The van der Waals surface area contributed by atoms with Crippen LogP contribution in [0.1, 0.15) is 63.2 Å². The third kappa shape index (κ3) is 6.20. The predicted molar refractivity (Wildman–Crippen MR) is 96.8 cm³/mol. The zero-order valence-corrected chi connectivity index (χ0v) is 15.8. The highest BCUT2D eigenvalue weighted by Gasteiger charge is 2.35. The van der Waals surface area contributed by atoms with Crippen molar-refractivity contribution in [2.24, 2.45) is 0 Å². The summed E-state index contributed by atoms with van der Waals surface area (Å²) in [5, 5.41) is 6.17. The van der Waals surface area contributed by atoms with Gasteiger partial charge in [-0.2, -0.15) is 0 Å². The van der Waals surface area contributed by atoms with Gasteiger partial charge in [-0.25, -0.2) is 9.78 Å². The van der Waals surface area contributed by atoms with Crippen molar-refractivity contribution in [2.45, 2.75) is 64.0 Å². The fraction of sp³-hybridized carbons (Fsp3) is 0.611. The van der Waals surface area contributed by atoms with Gasteiger partial charge in [0.2, 0.25) is 0 Å². The van der Waals surface area contributed by atoms with Gasteiger partial charge in [-0.1, -0.05) is 30.9 Å². The smallest absolute Gasteiger partial charge is 0.408 e. The Hall–Kier alpha value is -1.82. The van der Waals surface area contributed by atoms with Crippen LogP contribution in [0.2, 0.25) is 5.15 Å². The molecule has 0 spiro atoms. The second-order valence-corrected chi connectivity index (χ2v) is 7.91. The molecule has 1 saturated carbocycles. The fourth-order valence-electron chi connectivity index (χ4n) is 2.99. The lowest BCUT2D eigenvalue weighted by molar-refractivity contribution is 0.0419. The second kappa shape index (κ2) is 8.04. The molecule has 25 heavy (non-hydrogen) atoms. The van der Waals surface area contributed by atoms with E-state index in [9.17, 15) is 9.59 Å². The molecule has 6 nitrogen and oxygen atoms in total.